The van der Waals surface area contributed by atoms with Crippen molar-refractivity contribution >= 4 is 17.4 Å². The minimum absolute atomic E-state index is 0.202. The minimum atomic E-state index is -0.453. The van der Waals surface area contributed by atoms with E-state index in [1.807, 2.05) is 0 Å². The summed E-state index contributed by atoms with van der Waals surface area (Å²) in [4.78, 5) is 18.0. The molecule has 1 aromatic heterocycles. The van der Waals surface area contributed by atoms with Gasteiger partial charge in [-0.15, -0.1) is 0 Å². The number of carbonyl (C=O) groups excluding carboxylic acids is 1. The van der Waals surface area contributed by atoms with Crippen LogP contribution in [0.15, 0.2) is 42.6 Å². The number of carbonyl (C=O) groups is 1. The molecule has 0 saturated carbocycles. The molecule has 6 heteroatoms. The summed E-state index contributed by atoms with van der Waals surface area (Å²) in [7, 11) is 0. The van der Waals surface area contributed by atoms with Gasteiger partial charge < -0.3 is 15.3 Å². The van der Waals surface area contributed by atoms with Gasteiger partial charge in [-0.25, -0.2) is 9.37 Å². The van der Waals surface area contributed by atoms with Gasteiger partial charge in [-0.2, -0.15) is 0 Å². The molecule has 1 aromatic carbocycles. The predicted molar refractivity (Wildman–Crippen MR) is 75.8 cm³/mol. The first kappa shape index (κ1) is 13.5. The first-order chi connectivity index (χ1) is 10.1. The lowest BCUT2D eigenvalue weighted by Crippen LogP contribution is -2.53. The molecule has 5 nitrogen and oxygen atoms in total. The lowest BCUT2D eigenvalue weighted by Gasteiger charge is -2.36. The van der Waals surface area contributed by atoms with Gasteiger partial charge in [0.15, 0.2) is 0 Å². The molecule has 2 heterocycles. The highest BCUT2D eigenvalue weighted by molar-refractivity contribution is 5.99. The van der Waals surface area contributed by atoms with Gasteiger partial charge in [-0.3, -0.25) is 4.79 Å². The summed E-state index contributed by atoms with van der Waals surface area (Å²) in [5.41, 5.74) is 0.917. The number of nitrogens with one attached hydrogen (secondary N) is 1. The first-order valence-electron chi connectivity index (χ1n) is 6.58. The molecule has 1 aliphatic heterocycles. The molecular weight excluding hydrogens is 273 g/mol. The molecule has 0 bridgehead atoms. The Labute approximate surface area is 121 Å². The van der Waals surface area contributed by atoms with E-state index in [2.05, 4.69) is 10.3 Å². The zero-order valence-electron chi connectivity index (χ0n) is 11.2. The predicted octanol–water partition coefficient (Wildman–Crippen LogP) is 1.78. The van der Waals surface area contributed by atoms with Gasteiger partial charge in [-0.1, -0.05) is 6.07 Å². The van der Waals surface area contributed by atoms with Gasteiger partial charge >= 0.3 is 0 Å². The largest absolute Gasteiger partial charge is 0.389 e. The van der Waals surface area contributed by atoms with E-state index in [0.717, 1.165) is 0 Å². The Balaban J connectivity index is 1.84. The van der Waals surface area contributed by atoms with Crippen LogP contribution in [0.25, 0.3) is 0 Å². The maximum atomic E-state index is 13.2. The molecule has 21 heavy (non-hydrogen) atoms. The molecule has 3 rings (SSSR count). The summed E-state index contributed by atoms with van der Waals surface area (Å²) in [6, 6.07) is 9.27. The van der Waals surface area contributed by atoms with Gasteiger partial charge in [0.25, 0.3) is 5.91 Å². The number of β-amino-alcohol motifs (C(OH)–C–C–N with tert-alkyl or cyclic N) is 1. The maximum absolute atomic E-state index is 13.2. The molecule has 108 valence electrons. The topological polar surface area (TPSA) is 65.5 Å². The van der Waals surface area contributed by atoms with Gasteiger partial charge in [0.2, 0.25) is 0 Å². The SMILES string of the molecule is O=C(c1cccnc1Nc1cccc(F)c1)N1CC(O)C1. The Morgan fingerprint density at radius 3 is 2.86 bits per heavy atom. The van der Waals surface area contributed by atoms with E-state index < -0.39 is 6.10 Å². The van der Waals surface area contributed by atoms with Crippen LogP contribution in [0.3, 0.4) is 0 Å². The number of amides is 1. The summed E-state index contributed by atoms with van der Waals surface area (Å²) in [6.07, 6.45) is 1.11. The van der Waals surface area contributed by atoms with Crippen molar-refractivity contribution in [1.82, 2.24) is 9.88 Å². The molecule has 0 unspecified atom stereocenters. The monoisotopic (exact) mass is 287 g/mol. The summed E-state index contributed by atoms with van der Waals surface area (Å²) in [6.45, 7) is 0.653. The standard InChI is InChI=1S/C15H14FN3O2/c16-10-3-1-4-11(7-10)18-14-13(5-2-6-17-14)15(21)19-8-12(20)9-19/h1-7,12,20H,8-9H2,(H,17,18). The van der Waals surface area contributed by atoms with Crippen LogP contribution in [0, 0.1) is 5.82 Å². The second kappa shape index (κ2) is 5.49. The number of nitrogens with zero attached hydrogens (tertiary/aromatic N) is 2. The molecule has 0 radical (unpaired) electrons. The van der Waals surface area contributed by atoms with Crippen LogP contribution in [0.1, 0.15) is 10.4 Å². The van der Waals surface area contributed by atoms with Crippen LogP contribution < -0.4 is 5.32 Å². The fourth-order valence-electron chi connectivity index (χ4n) is 2.17. The average molecular weight is 287 g/mol. The van der Waals surface area contributed by atoms with E-state index in [0.29, 0.717) is 30.2 Å². The number of pyridine rings is 1. The minimum Gasteiger partial charge on any atom is -0.389 e. The third-order valence-corrected chi connectivity index (χ3v) is 3.27. The van der Waals surface area contributed by atoms with Crippen molar-refractivity contribution < 1.29 is 14.3 Å². The number of rotatable bonds is 3. The van der Waals surface area contributed by atoms with E-state index >= 15 is 0 Å². The fourth-order valence-corrected chi connectivity index (χ4v) is 2.17. The molecule has 1 saturated heterocycles. The van der Waals surface area contributed by atoms with E-state index in [1.165, 1.54) is 12.1 Å². The quantitative estimate of drug-likeness (QED) is 0.903. The smallest absolute Gasteiger partial charge is 0.257 e. The van der Waals surface area contributed by atoms with Crippen LogP contribution in [0.5, 0.6) is 0 Å². The summed E-state index contributed by atoms with van der Waals surface area (Å²) in [5, 5.41) is 12.2. The van der Waals surface area contributed by atoms with Crippen molar-refractivity contribution in [3.8, 4) is 0 Å². The number of aliphatic hydroxyl groups excluding tert-OH is 1. The molecule has 0 spiro atoms. The van der Waals surface area contributed by atoms with Crippen molar-refractivity contribution in [3.05, 3.63) is 54.0 Å². The number of hydrogen-bond donors (Lipinski definition) is 2. The van der Waals surface area contributed by atoms with Gasteiger partial charge in [0.1, 0.15) is 11.6 Å². The van der Waals surface area contributed by atoms with Crippen molar-refractivity contribution in [2.75, 3.05) is 18.4 Å². The van der Waals surface area contributed by atoms with E-state index in [1.54, 1.807) is 35.4 Å². The maximum Gasteiger partial charge on any atom is 0.257 e. The number of benzene rings is 1. The second-order valence-corrected chi connectivity index (χ2v) is 4.90. The molecule has 2 aromatic rings. The van der Waals surface area contributed by atoms with E-state index in [4.69, 9.17) is 0 Å². The Hall–Kier alpha value is -2.47. The average Bonchev–Trinajstić information content (AvgIpc) is 2.44. The number of halogens is 1. The van der Waals surface area contributed by atoms with Crippen molar-refractivity contribution in [3.63, 3.8) is 0 Å². The van der Waals surface area contributed by atoms with Crippen LogP contribution >= 0.6 is 0 Å². The Bertz CT molecular complexity index is 671. The summed E-state index contributed by atoms with van der Waals surface area (Å²) in [5.74, 6) is -0.198. The third-order valence-electron chi connectivity index (χ3n) is 3.27. The molecule has 2 N–H and O–H groups in total. The van der Waals surface area contributed by atoms with Crippen molar-refractivity contribution in [2.24, 2.45) is 0 Å². The van der Waals surface area contributed by atoms with E-state index in [-0.39, 0.29) is 11.7 Å². The number of hydrogen-bond acceptors (Lipinski definition) is 4. The van der Waals surface area contributed by atoms with Crippen LogP contribution in [-0.4, -0.2) is 40.1 Å². The highest BCUT2D eigenvalue weighted by Crippen LogP contribution is 2.22. The zero-order chi connectivity index (χ0) is 14.8. The lowest BCUT2D eigenvalue weighted by molar-refractivity contribution is 0.00594. The fraction of sp³-hybridized carbons (Fsp3) is 0.200. The molecular formula is C15H14FN3O2. The number of aliphatic hydroxyl groups is 1. The Morgan fingerprint density at radius 2 is 2.14 bits per heavy atom. The number of anilines is 2. The van der Waals surface area contributed by atoms with Gasteiger partial charge in [0.05, 0.1) is 11.7 Å². The second-order valence-electron chi connectivity index (χ2n) is 4.90. The van der Waals surface area contributed by atoms with Crippen molar-refractivity contribution in [1.29, 1.82) is 0 Å². The Morgan fingerprint density at radius 1 is 1.33 bits per heavy atom. The van der Waals surface area contributed by atoms with Gasteiger partial charge in [0, 0.05) is 25.0 Å². The van der Waals surface area contributed by atoms with Crippen molar-refractivity contribution in [2.45, 2.75) is 6.10 Å². The van der Waals surface area contributed by atoms with Crippen LogP contribution in [0.2, 0.25) is 0 Å². The van der Waals surface area contributed by atoms with Gasteiger partial charge in [-0.05, 0) is 30.3 Å². The first-order valence-corrected chi connectivity index (χ1v) is 6.58. The number of likely N-dealkylation sites (tertiary alicyclic amines) is 1. The van der Waals surface area contributed by atoms with Crippen LogP contribution in [0.4, 0.5) is 15.9 Å². The molecule has 0 aliphatic carbocycles. The third kappa shape index (κ3) is 2.85. The molecule has 1 aliphatic rings. The Kier molecular flexibility index (Phi) is 3.53. The molecule has 1 amide bonds. The molecule has 1 fully saturated rings. The van der Waals surface area contributed by atoms with E-state index in [9.17, 15) is 14.3 Å². The highest BCUT2D eigenvalue weighted by Gasteiger charge is 2.30. The zero-order valence-corrected chi connectivity index (χ0v) is 11.2. The number of aromatic nitrogens is 1. The van der Waals surface area contributed by atoms with Crippen LogP contribution in [-0.2, 0) is 0 Å². The normalized spacial score (nSPS) is 14.7. The summed E-state index contributed by atoms with van der Waals surface area (Å²) < 4.78 is 13.2. The highest BCUT2D eigenvalue weighted by atomic mass is 19.1. The summed E-state index contributed by atoms with van der Waals surface area (Å²) >= 11 is 0. The molecule has 0 atom stereocenters. The lowest BCUT2D eigenvalue weighted by atomic mass is 10.1.